The van der Waals surface area contributed by atoms with E-state index in [2.05, 4.69) is 9.47 Å². The highest BCUT2D eigenvalue weighted by molar-refractivity contribution is 5.90. The van der Waals surface area contributed by atoms with E-state index >= 15 is 0 Å². The third-order valence-corrected chi connectivity index (χ3v) is 1.92. The molecule has 0 aromatic carbocycles. The van der Waals surface area contributed by atoms with Crippen molar-refractivity contribution in [2.75, 3.05) is 6.61 Å². The molecule has 0 aliphatic carbocycles. The number of nitrogens with one attached hydrogen (secondary N) is 1. The number of rotatable bonds is 4. The second-order valence-electron chi connectivity index (χ2n) is 3.25. The van der Waals surface area contributed by atoms with Crippen molar-refractivity contribution in [1.29, 1.82) is 0 Å². The van der Waals surface area contributed by atoms with Crippen molar-refractivity contribution in [2.24, 2.45) is 0 Å². The highest BCUT2D eigenvalue weighted by atomic mass is 19.4. The number of hydrogen-bond donors (Lipinski definition) is 1. The van der Waals surface area contributed by atoms with Crippen LogP contribution in [0.25, 0.3) is 0 Å². The van der Waals surface area contributed by atoms with Crippen molar-refractivity contribution in [3.05, 3.63) is 27.5 Å². The number of carbonyl (C=O) groups is 1. The van der Waals surface area contributed by atoms with E-state index in [4.69, 9.17) is 0 Å². The molecule has 0 saturated carbocycles. The molecule has 1 aromatic heterocycles. The predicted molar refractivity (Wildman–Crippen MR) is 54.5 cm³/mol. The van der Waals surface area contributed by atoms with Gasteiger partial charge in [0.1, 0.15) is 12.2 Å². The molecule has 0 amide bonds. The van der Waals surface area contributed by atoms with Crippen molar-refractivity contribution in [2.45, 2.75) is 20.0 Å². The first-order valence-corrected chi connectivity index (χ1v) is 5.03. The van der Waals surface area contributed by atoms with Crippen LogP contribution in [0.2, 0.25) is 0 Å². The fourth-order valence-corrected chi connectivity index (χ4v) is 1.29. The van der Waals surface area contributed by atoms with E-state index in [1.54, 1.807) is 0 Å². The van der Waals surface area contributed by atoms with Gasteiger partial charge in [-0.1, -0.05) is 0 Å². The van der Waals surface area contributed by atoms with Crippen LogP contribution in [0.5, 0.6) is 5.88 Å². The Kier molecular flexibility index (Phi) is 4.52. The fourth-order valence-electron chi connectivity index (χ4n) is 1.29. The molecule has 106 valence electrons. The van der Waals surface area contributed by atoms with E-state index < -0.39 is 41.6 Å². The largest absolute Gasteiger partial charge is 0.574 e. The summed E-state index contributed by atoms with van der Waals surface area (Å²) in [5.41, 5.74) is -2.44. The SMILES string of the molecule is CCOC(=O)c1c(CF)[nH]c(OC(F)(F)F)cc1=O. The number of aromatic nitrogens is 1. The molecular weight excluding hydrogens is 274 g/mol. The smallest absolute Gasteiger partial charge is 0.462 e. The van der Waals surface area contributed by atoms with E-state index in [-0.39, 0.29) is 6.61 Å². The minimum atomic E-state index is -5.04. The Balaban J connectivity index is 3.23. The molecule has 1 heterocycles. The molecule has 0 aliphatic rings. The Labute approximate surface area is 104 Å². The van der Waals surface area contributed by atoms with Crippen LogP contribution >= 0.6 is 0 Å². The molecule has 19 heavy (non-hydrogen) atoms. The maximum Gasteiger partial charge on any atom is 0.574 e. The third kappa shape index (κ3) is 3.97. The van der Waals surface area contributed by atoms with Crippen molar-refractivity contribution in [3.8, 4) is 5.88 Å². The summed E-state index contributed by atoms with van der Waals surface area (Å²) in [4.78, 5) is 24.7. The number of alkyl halides is 4. The first-order valence-electron chi connectivity index (χ1n) is 5.03. The van der Waals surface area contributed by atoms with Crippen LogP contribution in [0, 0.1) is 0 Å². The monoisotopic (exact) mass is 283 g/mol. The lowest BCUT2D eigenvalue weighted by Gasteiger charge is -2.11. The average Bonchev–Trinajstić information content (AvgIpc) is 2.25. The molecule has 0 aliphatic heterocycles. The third-order valence-electron chi connectivity index (χ3n) is 1.92. The highest BCUT2D eigenvalue weighted by Gasteiger charge is 2.32. The number of hydrogen-bond acceptors (Lipinski definition) is 4. The summed E-state index contributed by atoms with van der Waals surface area (Å²) < 4.78 is 56.5. The first-order chi connectivity index (χ1) is 8.78. The maximum absolute atomic E-state index is 12.7. The van der Waals surface area contributed by atoms with Gasteiger partial charge in [0.05, 0.1) is 12.3 Å². The molecule has 1 aromatic rings. The van der Waals surface area contributed by atoms with Gasteiger partial charge >= 0.3 is 12.3 Å². The second kappa shape index (κ2) is 5.72. The summed E-state index contributed by atoms with van der Waals surface area (Å²) in [6.07, 6.45) is -5.04. The lowest BCUT2D eigenvalue weighted by Crippen LogP contribution is -2.24. The number of esters is 1. The van der Waals surface area contributed by atoms with Crippen molar-refractivity contribution in [3.63, 3.8) is 0 Å². The minimum Gasteiger partial charge on any atom is -0.462 e. The molecule has 0 radical (unpaired) electrons. The van der Waals surface area contributed by atoms with Gasteiger partial charge in [-0.3, -0.25) is 4.79 Å². The summed E-state index contributed by atoms with van der Waals surface area (Å²) in [6.45, 7) is 0.0472. The number of halogens is 4. The predicted octanol–water partition coefficient (Wildman–Crippen LogP) is 1.92. The van der Waals surface area contributed by atoms with Crippen molar-refractivity contribution in [1.82, 2.24) is 4.98 Å². The number of H-pyrrole nitrogens is 1. The van der Waals surface area contributed by atoms with Crippen LogP contribution in [-0.2, 0) is 11.4 Å². The summed E-state index contributed by atoms with van der Waals surface area (Å²) in [7, 11) is 0. The van der Waals surface area contributed by atoms with E-state index in [0.717, 1.165) is 0 Å². The van der Waals surface area contributed by atoms with Crippen LogP contribution < -0.4 is 10.2 Å². The van der Waals surface area contributed by atoms with Gasteiger partial charge in [0, 0.05) is 6.07 Å². The van der Waals surface area contributed by atoms with Crippen molar-refractivity contribution < 1.29 is 31.8 Å². The lowest BCUT2D eigenvalue weighted by atomic mass is 10.2. The molecule has 9 heteroatoms. The molecule has 5 nitrogen and oxygen atoms in total. The maximum atomic E-state index is 12.7. The molecule has 0 atom stereocenters. The fraction of sp³-hybridized carbons (Fsp3) is 0.400. The van der Waals surface area contributed by atoms with Crippen LogP contribution in [0.3, 0.4) is 0 Å². The summed E-state index contributed by atoms with van der Waals surface area (Å²) >= 11 is 0. The van der Waals surface area contributed by atoms with Gasteiger partial charge in [-0.05, 0) is 6.92 Å². The Morgan fingerprint density at radius 1 is 1.42 bits per heavy atom. The Morgan fingerprint density at radius 2 is 2.05 bits per heavy atom. The number of carbonyl (C=O) groups excluding carboxylic acids is 1. The molecule has 0 bridgehead atoms. The van der Waals surface area contributed by atoms with E-state index in [1.165, 1.54) is 6.92 Å². The Morgan fingerprint density at radius 3 is 2.53 bits per heavy atom. The van der Waals surface area contributed by atoms with Gasteiger partial charge in [0.25, 0.3) is 0 Å². The van der Waals surface area contributed by atoms with Crippen LogP contribution in [-0.4, -0.2) is 23.9 Å². The zero-order chi connectivity index (χ0) is 14.6. The molecule has 0 saturated heterocycles. The molecule has 0 fully saturated rings. The molecular formula is C10H9F4NO4. The Hall–Kier alpha value is -2.06. The quantitative estimate of drug-likeness (QED) is 0.677. The standard InChI is InChI=1S/C10H9F4NO4/c1-2-18-9(17)8-5(4-11)15-7(3-6(8)16)19-10(12,13)14/h3H,2,4H2,1H3,(H,15,16). The van der Waals surface area contributed by atoms with Gasteiger partial charge in [-0.15, -0.1) is 13.2 Å². The van der Waals surface area contributed by atoms with Crippen LogP contribution in [0.1, 0.15) is 23.0 Å². The zero-order valence-corrected chi connectivity index (χ0v) is 9.64. The van der Waals surface area contributed by atoms with Crippen LogP contribution in [0.15, 0.2) is 10.9 Å². The molecule has 0 unspecified atom stereocenters. The lowest BCUT2D eigenvalue weighted by molar-refractivity contribution is -0.276. The minimum absolute atomic E-state index is 0.0647. The number of ether oxygens (including phenoxy) is 2. The highest BCUT2D eigenvalue weighted by Crippen LogP contribution is 2.21. The van der Waals surface area contributed by atoms with Gasteiger partial charge < -0.3 is 14.5 Å². The summed E-state index contributed by atoms with van der Waals surface area (Å²) in [6, 6.07) is 0.402. The second-order valence-corrected chi connectivity index (χ2v) is 3.25. The zero-order valence-electron chi connectivity index (χ0n) is 9.64. The average molecular weight is 283 g/mol. The van der Waals surface area contributed by atoms with Gasteiger partial charge in [-0.2, -0.15) is 0 Å². The summed E-state index contributed by atoms with van der Waals surface area (Å²) in [5.74, 6) is -2.12. The molecule has 0 spiro atoms. The van der Waals surface area contributed by atoms with E-state index in [9.17, 15) is 27.2 Å². The molecule has 1 rings (SSSR count). The molecule has 1 N–H and O–H groups in total. The van der Waals surface area contributed by atoms with Gasteiger partial charge in [-0.25, -0.2) is 9.18 Å². The van der Waals surface area contributed by atoms with Crippen molar-refractivity contribution >= 4 is 5.97 Å². The first kappa shape index (κ1) is 15.0. The van der Waals surface area contributed by atoms with E-state index in [0.29, 0.717) is 6.07 Å². The van der Waals surface area contributed by atoms with Crippen LogP contribution in [0.4, 0.5) is 17.6 Å². The van der Waals surface area contributed by atoms with Gasteiger partial charge in [0.2, 0.25) is 5.88 Å². The number of aromatic amines is 1. The topological polar surface area (TPSA) is 68.4 Å². The summed E-state index contributed by atoms with van der Waals surface area (Å²) in [5, 5.41) is 0. The normalized spacial score (nSPS) is 11.2. The Bertz CT molecular complexity index is 523. The van der Waals surface area contributed by atoms with E-state index in [1.807, 2.05) is 4.98 Å². The number of pyridine rings is 1. The van der Waals surface area contributed by atoms with Gasteiger partial charge in [0.15, 0.2) is 5.43 Å².